The topological polar surface area (TPSA) is 237 Å². The lowest BCUT2D eigenvalue weighted by Crippen LogP contribution is -2.30. The molecule has 0 bridgehead atoms. The molecule has 0 spiro atoms. The Morgan fingerprint density at radius 2 is 0.469 bits per heavy atom. The quantitative estimate of drug-likeness (QED) is 0.0222. The first kappa shape index (κ1) is 96.1. The lowest BCUT2D eigenvalue weighted by Gasteiger charge is -2.21. The summed E-state index contributed by atoms with van der Waals surface area (Å²) in [4.78, 5) is 72.9. The van der Waals surface area contributed by atoms with Gasteiger partial charge in [0.05, 0.1) is 26.4 Å². The van der Waals surface area contributed by atoms with Crippen molar-refractivity contribution in [2.24, 2.45) is 17.8 Å². The molecule has 0 heterocycles. The van der Waals surface area contributed by atoms with Gasteiger partial charge >= 0.3 is 39.5 Å². The van der Waals surface area contributed by atoms with E-state index in [-0.39, 0.29) is 25.7 Å². The highest BCUT2D eigenvalue weighted by Gasteiger charge is 2.30. The molecule has 582 valence electrons. The van der Waals surface area contributed by atoms with Gasteiger partial charge in [-0.25, -0.2) is 9.13 Å². The first-order valence-corrected chi connectivity index (χ1v) is 43.8. The van der Waals surface area contributed by atoms with Gasteiger partial charge in [-0.3, -0.25) is 37.3 Å². The molecule has 0 aromatic rings. The molecule has 19 heteroatoms. The van der Waals surface area contributed by atoms with E-state index in [1.54, 1.807) is 0 Å². The van der Waals surface area contributed by atoms with Crippen LogP contribution in [-0.2, 0) is 65.4 Å². The van der Waals surface area contributed by atoms with Crippen LogP contribution in [0.15, 0.2) is 0 Å². The number of phosphoric acid groups is 2. The van der Waals surface area contributed by atoms with Crippen molar-refractivity contribution in [3.63, 3.8) is 0 Å². The number of phosphoric ester groups is 2. The van der Waals surface area contributed by atoms with E-state index in [2.05, 4.69) is 48.5 Å². The molecule has 17 nitrogen and oxygen atoms in total. The molecule has 0 aromatic carbocycles. The monoisotopic (exact) mass is 1440 g/mol. The summed E-state index contributed by atoms with van der Waals surface area (Å²) in [6.07, 6.45) is 57.0. The van der Waals surface area contributed by atoms with Gasteiger partial charge < -0.3 is 33.8 Å². The summed E-state index contributed by atoms with van der Waals surface area (Å²) in [6, 6.07) is 0. The average Bonchev–Trinajstić information content (AvgIpc) is 1.01. The maximum absolute atomic E-state index is 13.1. The van der Waals surface area contributed by atoms with E-state index in [1.165, 1.54) is 218 Å². The predicted octanol–water partition coefficient (Wildman–Crippen LogP) is 23.4. The minimum atomic E-state index is -4.96. The molecule has 0 aromatic heterocycles. The first-order chi connectivity index (χ1) is 47.2. The Balaban J connectivity index is 5.22. The standard InChI is InChI=1S/C79H154O17P2/c1-8-9-10-11-12-13-14-15-16-17-18-19-20-21-22-23-24-32-41-48-55-62-78(83)95-74(66-89-76(81)60-53-46-39-31-27-25-29-36-43-50-57-70(2)3)68-93-97(85,86)91-64-73(80)65-92-98(87,88)94-69-75(67-90-77(82)61-54-47-40-35-34-38-45-52-59-72(6)7)96-79(84)63-56-49-42-33-28-26-30-37-44-51-58-71(4)5/h70-75,80H,8-69H2,1-7H3,(H,85,86)(H,87,88)/t73-,74-,75-/m1/s1. The van der Waals surface area contributed by atoms with Gasteiger partial charge in [-0.2, -0.15) is 0 Å². The Hall–Kier alpha value is -1.94. The van der Waals surface area contributed by atoms with Crippen molar-refractivity contribution >= 4 is 39.5 Å². The van der Waals surface area contributed by atoms with Crippen LogP contribution in [0.5, 0.6) is 0 Å². The van der Waals surface area contributed by atoms with E-state index in [0.29, 0.717) is 25.7 Å². The van der Waals surface area contributed by atoms with Crippen molar-refractivity contribution in [2.75, 3.05) is 39.6 Å². The third-order valence-corrected chi connectivity index (χ3v) is 20.3. The molecule has 2 unspecified atom stereocenters. The average molecular weight is 1440 g/mol. The zero-order chi connectivity index (χ0) is 72.3. The summed E-state index contributed by atoms with van der Waals surface area (Å²) < 4.78 is 68.6. The predicted molar refractivity (Wildman–Crippen MR) is 400 cm³/mol. The molecule has 0 aliphatic rings. The van der Waals surface area contributed by atoms with Crippen molar-refractivity contribution in [3.8, 4) is 0 Å². The van der Waals surface area contributed by atoms with Crippen molar-refractivity contribution in [1.29, 1.82) is 0 Å². The molecular formula is C79H154O17P2. The smallest absolute Gasteiger partial charge is 0.462 e. The molecular weight excluding hydrogens is 1280 g/mol. The van der Waals surface area contributed by atoms with Gasteiger partial charge in [-0.05, 0) is 43.4 Å². The van der Waals surface area contributed by atoms with E-state index in [1.807, 2.05) is 0 Å². The summed E-state index contributed by atoms with van der Waals surface area (Å²) in [6.45, 7) is 11.9. The highest BCUT2D eigenvalue weighted by atomic mass is 31.2. The van der Waals surface area contributed by atoms with Crippen LogP contribution in [0.1, 0.15) is 408 Å². The minimum absolute atomic E-state index is 0.105. The zero-order valence-electron chi connectivity index (χ0n) is 64.3. The third-order valence-electron chi connectivity index (χ3n) is 18.4. The lowest BCUT2D eigenvalue weighted by molar-refractivity contribution is -0.161. The fourth-order valence-corrected chi connectivity index (χ4v) is 13.7. The fourth-order valence-electron chi connectivity index (χ4n) is 12.1. The number of hydrogen-bond donors (Lipinski definition) is 3. The van der Waals surface area contributed by atoms with E-state index >= 15 is 0 Å². The molecule has 0 aliphatic heterocycles. The number of carbonyl (C=O) groups excluding carboxylic acids is 4. The van der Waals surface area contributed by atoms with Gasteiger partial charge in [0.25, 0.3) is 0 Å². The van der Waals surface area contributed by atoms with Gasteiger partial charge in [-0.15, -0.1) is 0 Å². The second kappa shape index (κ2) is 69.4. The third kappa shape index (κ3) is 72.4. The lowest BCUT2D eigenvalue weighted by atomic mass is 10.0. The molecule has 0 saturated carbocycles. The largest absolute Gasteiger partial charge is 0.472 e. The Kier molecular flexibility index (Phi) is 68.1. The maximum atomic E-state index is 13.1. The molecule has 3 N–H and O–H groups in total. The second-order valence-corrected chi connectivity index (χ2v) is 32.8. The van der Waals surface area contributed by atoms with Crippen molar-refractivity contribution < 1.29 is 80.2 Å². The Morgan fingerprint density at radius 3 is 0.694 bits per heavy atom. The number of aliphatic hydroxyl groups excluding tert-OH is 1. The van der Waals surface area contributed by atoms with Gasteiger partial charge in [0.15, 0.2) is 12.2 Å². The van der Waals surface area contributed by atoms with Crippen molar-refractivity contribution in [3.05, 3.63) is 0 Å². The minimum Gasteiger partial charge on any atom is -0.462 e. The van der Waals surface area contributed by atoms with Gasteiger partial charge in [0.1, 0.15) is 19.3 Å². The molecule has 0 fully saturated rings. The summed E-state index contributed by atoms with van der Waals surface area (Å²) in [5, 5.41) is 10.6. The van der Waals surface area contributed by atoms with E-state index in [9.17, 15) is 43.2 Å². The van der Waals surface area contributed by atoms with E-state index in [4.69, 9.17) is 37.0 Å². The zero-order valence-corrected chi connectivity index (χ0v) is 66.0. The molecule has 0 rings (SSSR count). The van der Waals surface area contributed by atoms with Crippen LogP contribution in [0.4, 0.5) is 0 Å². The van der Waals surface area contributed by atoms with Gasteiger partial charge in [-0.1, -0.05) is 357 Å². The van der Waals surface area contributed by atoms with Crippen LogP contribution in [0, 0.1) is 17.8 Å². The Morgan fingerprint density at radius 1 is 0.276 bits per heavy atom. The summed E-state index contributed by atoms with van der Waals surface area (Å²) in [5.74, 6) is 0.121. The van der Waals surface area contributed by atoms with E-state index < -0.39 is 97.5 Å². The summed E-state index contributed by atoms with van der Waals surface area (Å²) in [7, 11) is -9.92. The normalized spacial score (nSPS) is 14.0. The fraction of sp³-hybridized carbons (Fsp3) is 0.949. The Labute approximate surface area is 600 Å². The highest BCUT2D eigenvalue weighted by Crippen LogP contribution is 2.45. The number of carbonyl (C=O) groups is 4. The number of hydrogen-bond acceptors (Lipinski definition) is 15. The molecule has 0 saturated heterocycles. The molecule has 0 radical (unpaired) electrons. The highest BCUT2D eigenvalue weighted by molar-refractivity contribution is 7.47. The van der Waals surface area contributed by atoms with Crippen molar-refractivity contribution in [2.45, 2.75) is 426 Å². The summed E-state index contributed by atoms with van der Waals surface area (Å²) in [5.41, 5.74) is 0. The number of rotatable bonds is 77. The number of unbranched alkanes of at least 4 members (excludes halogenated alkanes) is 45. The number of esters is 4. The summed E-state index contributed by atoms with van der Waals surface area (Å²) >= 11 is 0. The van der Waals surface area contributed by atoms with Gasteiger partial charge in [0.2, 0.25) is 0 Å². The van der Waals surface area contributed by atoms with Crippen LogP contribution in [-0.4, -0.2) is 96.7 Å². The second-order valence-electron chi connectivity index (χ2n) is 29.9. The van der Waals surface area contributed by atoms with Crippen LogP contribution in [0.25, 0.3) is 0 Å². The molecule has 98 heavy (non-hydrogen) atoms. The van der Waals surface area contributed by atoms with Crippen LogP contribution in [0.3, 0.4) is 0 Å². The SMILES string of the molecule is CCCCCCCCCCCCCCCCCCCCCCCC(=O)O[C@H](COC(=O)CCCCCCCCCCCCC(C)C)COP(=O)(O)OC[C@@H](O)COP(=O)(O)OC[C@@H](COC(=O)CCCCCCCCCCC(C)C)OC(=O)CCCCCCCCCCCCC(C)C. The first-order valence-electron chi connectivity index (χ1n) is 40.8. The molecule has 0 amide bonds. The maximum Gasteiger partial charge on any atom is 0.472 e. The van der Waals surface area contributed by atoms with Crippen molar-refractivity contribution in [1.82, 2.24) is 0 Å². The van der Waals surface area contributed by atoms with Crippen LogP contribution < -0.4 is 0 Å². The number of ether oxygens (including phenoxy) is 4. The van der Waals surface area contributed by atoms with Gasteiger partial charge in [0, 0.05) is 25.7 Å². The number of aliphatic hydroxyl groups is 1. The molecule has 5 atom stereocenters. The van der Waals surface area contributed by atoms with Crippen LogP contribution >= 0.6 is 15.6 Å². The van der Waals surface area contributed by atoms with Crippen LogP contribution in [0.2, 0.25) is 0 Å². The van der Waals surface area contributed by atoms with E-state index in [0.717, 1.165) is 108 Å². The Bertz CT molecular complexity index is 1900. The molecule has 0 aliphatic carbocycles.